The lowest BCUT2D eigenvalue weighted by molar-refractivity contribution is 0.0932. The fourth-order valence-electron chi connectivity index (χ4n) is 4.08. The standard InChI is InChI=1S/C27H22FN3O2/c28-21-12-8-19(9-13-21)26-29-17-16-25(31-26)33-22-14-10-20(11-15-22)27(32)30-24-7-3-5-18-4-1-2-6-23(18)24/h1-2,4,6,8-17,24H,3,5,7H2,(H,30,32)/t24-/m1/s1. The summed E-state index contributed by atoms with van der Waals surface area (Å²) in [5.41, 5.74) is 3.78. The third-order valence-corrected chi connectivity index (χ3v) is 5.75. The van der Waals surface area contributed by atoms with E-state index in [9.17, 15) is 9.18 Å². The molecule has 1 atom stereocenters. The average Bonchev–Trinajstić information content (AvgIpc) is 2.85. The Balaban J connectivity index is 1.26. The minimum absolute atomic E-state index is 0.0317. The first-order valence-corrected chi connectivity index (χ1v) is 10.9. The molecule has 1 aliphatic carbocycles. The van der Waals surface area contributed by atoms with Crippen molar-refractivity contribution in [1.29, 1.82) is 0 Å². The number of benzene rings is 3. The molecule has 164 valence electrons. The van der Waals surface area contributed by atoms with Crippen LogP contribution in [0.3, 0.4) is 0 Å². The number of hydrogen-bond acceptors (Lipinski definition) is 4. The van der Waals surface area contributed by atoms with Gasteiger partial charge in [0.2, 0.25) is 5.88 Å². The molecule has 0 saturated carbocycles. The molecular weight excluding hydrogens is 417 g/mol. The van der Waals surface area contributed by atoms with Crippen molar-refractivity contribution in [3.63, 3.8) is 0 Å². The van der Waals surface area contributed by atoms with E-state index in [1.807, 2.05) is 12.1 Å². The number of nitrogens with zero attached hydrogens (tertiary/aromatic N) is 2. The zero-order valence-electron chi connectivity index (χ0n) is 17.9. The first kappa shape index (κ1) is 20.8. The molecule has 0 spiro atoms. The molecule has 33 heavy (non-hydrogen) atoms. The Hall–Kier alpha value is -4.06. The minimum Gasteiger partial charge on any atom is -0.439 e. The Labute approximate surface area is 191 Å². The van der Waals surface area contributed by atoms with Gasteiger partial charge in [-0.1, -0.05) is 24.3 Å². The SMILES string of the molecule is O=C(N[C@@H]1CCCc2ccccc21)c1ccc(Oc2ccnc(-c3ccc(F)cc3)n2)cc1. The number of aromatic nitrogens is 2. The molecular formula is C27H22FN3O2. The summed E-state index contributed by atoms with van der Waals surface area (Å²) >= 11 is 0. The largest absolute Gasteiger partial charge is 0.439 e. The number of amides is 1. The van der Waals surface area contributed by atoms with E-state index in [1.165, 1.54) is 23.3 Å². The van der Waals surface area contributed by atoms with Crippen LogP contribution in [0.2, 0.25) is 0 Å². The van der Waals surface area contributed by atoms with Crippen molar-refractivity contribution in [1.82, 2.24) is 15.3 Å². The van der Waals surface area contributed by atoms with Gasteiger partial charge in [0.15, 0.2) is 5.82 Å². The fraction of sp³-hybridized carbons (Fsp3) is 0.148. The third-order valence-electron chi connectivity index (χ3n) is 5.75. The maximum absolute atomic E-state index is 13.2. The van der Waals surface area contributed by atoms with Gasteiger partial charge in [0.05, 0.1) is 6.04 Å². The van der Waals surface area contributed by atoms with Crippen LogP contribution in [0.5, 0.6) is 11.6 Å². The van der Waals surface area contributed by atoms with Crippen molar-refractivity contribution < 1.29 is 13.9 Å². The van der Waals surface area contributed by atoms with Crippen LogP contribution in [0.25, 0.3) is 11.4 Å². The third kappa shape index (κ3) is 4.75. The molecule has 0 aliphatic heterocycles. The number of rotatable bonds is 5. The normalized spacial score (nSPS) is 14.9. The second-order valence-corrected chi connectivity index (χ2v) is 7.97. The number of carbonyl (C=O) groups is 1. The van der Waals surface area contributed by atoms with Crippen LogP contribution in [-0.4, -0.2) is 15.9 Å². The van der Waals surface area contributed by atoms with Crippen molar-refractivity contribution in [2.45, 2.75) is 25.3 Å². The molecule has 1 amide bonds. The molecule has 1 heterocycles. The number of hydrogen-bond donors (Lipinski definition) is 1. The number of aryl methyl sites for hydroxylation is 1. The summed E-state index contributed by atoms with van der Waals surface area (Å²) in [6.07, 6.45) is 4.65. The Kier molecular flexibility index (Phi) is 5.81. The maximum atomic E-state index is 13.2. The van der Waals surface area contributed by atoms with Gasteiger partial charge in [-0.3, -0.25) is 4.79 Å². The number of nitrogens with one attached hydrogen (secondary N) is 1. The Bertz CT molecular complexity index is 1270. The molecule has 0 saturated heterocycles. The second-order valence-electron chi connectivity index (χ2n) is 7.97. The van der Waals surface area contributed by atoms with E-state index < -0.39 is 0 Å². The number of fused-ring (bicyclic) bond motifs is 1. The van der Waals surface area contributed by atoms with E-state index in [-0.39, 0.29) is 17.8 Å². The van der Waals surface area contributed by atoms with Gasteiger partial charge >= 0.3 is 0 Å². The first-order chi connectivity index (χ1) is 16.2. The van der Waals surface area contributed by atoms with Gasteiger partial charge < -0.3 is 10.1 Å². The highest BCUT2D eigenvalue weighted by Crippen LogP contribution is 2.30. The van der Waals surface area contributed by atoms with Gasteiger partial charge in [0.1, 0.15) is 11.6 Å². The monoisotopic (exact) mass is 439 g/mol. The van der Waals surface area contributed by atoms with Gasteiger partial charge in [-0.05, 0) is 78.9 Å². The van der Waals surface area contributed by atoms with E-state index in [1.54, 1.807) is 48.7 Å². The molecule has 0 fully saturated rings. The molecule has 6 heteroatoms. The summed E-state index contributed by atoms with van der Waals surface area (Å²) in [6.45, 7) is 0. The van der Waals surface area contributed by atoms with Crippen LogP contribution in [-0.2, 0) is 6.42 Å². The molecule has 0 radical (unpaired) electrons. The Morgan fingerprint density at radius 1 is 0.970 bits per heavy atom. The van der Waals surface area contributed by atoms with E-state index in [2.05, 4.69) is 27.4 Å². The predicted molar refractivity (Wildman–Crippen MR) is 124 cm³/mol. The highest BCUT2D eigenvalue weighted by atomic mass is 19.1. The summed E-state index contributed by atoms with van der Waals surface area (Å²) in [6, 6.07) is 22.9. The highest BCUT2D eigenvalue weighted by molar-refractivity contribution is 5.94. The quantitative estimate of drug-likeness (QED) is 0.422. The zero-order valence-corrected chi connectivity index (χ0v) is 17.9. The zero-order chi connectivity index (χ0) is 22.6. The molecule has 5 rings (SSSR count). The van der Waals surface area contributed by atoms with Crippen LogP contribution in [0.15, 0.2) is 85.1 Å². The van der Waals surface area contributed by atoms with Crippen LogP contribution < -0.4 is 10.1 Å². The maximum Gasteiger partial charge on any atom is 0.251 e. The van der Waals surface area contributed by atoms with Crippen LogP contribution in [0.4, 0.5) is 4.39 Å². The molecule has 0 bridgehead atoms. The van der Waals surface area contributed by atoms with E-state index in [0.29, 0.717) is 28.6 Å². The fourth-order valence-corrected chi connectivity index (χ4v) is 4.08. The second kappa shape index (κ2) is 9.20. The number of ether oxygens (including phenoxy) is 1. The summed E-state index contributed by atoms with van der Waals surface area (Å²) < 4.78 is 19.0. The van der Waals surface area contributed by atoms with Crippen molar-refractivity contribution >= 4 is 5.91 Å². The molecule has 1 N–H and O–H groups in total. The predicted octanol–water partition coefficient (Wildman–Crippen LogP) is 5.88. The van der Waals surface area contributed by atoms with Crippen LogP contribution >= 0.6 is 0 Å². The topological polar surface area (TPSA) is 64.1 Å². The van der Waals surface area contributed by atoms with Gasteiger partial charge in [-0.15, -0.1) is 0 Å². The van der Waals surface area contributed by atoms with Gasteiger partial charge in [0, 0.05) is 23.4 Å². The smallest absolute Gasteiger partial charge is 0.251 e. The van der Waals surface area contributed by atoms with Crippen LogP contribution in [0.1, 0.15) is 40.4 Å². The van der Waals surface area contributed by atoms with Gasteiger partial charge in [-0.25, -0.2) is 9.37 Å². The van der Waals surface area contributed by atoms with Crippen molar-refractivity contribution in [2.24, 2.45) is 0 Å². The lowest BCUT2D eigenvalue weighted by atomic mass is 9.87. The molecule has 1 aromatic heterocycles. The van der Waals surface area contributed by atoms with E-state index in [4.69, 9.17) is 4.74 Å². The number of halogens is 1. The molecule has 4 aromatic rings. The summed E-state index contributed by atoms with van der Waals surface area (Å²) in [4.78, 5) is 21.4. The summed E-state index contributed by atoms with van der Waals surface area (Å²) in [5, 5.41) is 3.16. The lowest BCUT2D eigenvalue weighted by Crippen LogP contribution is -2.30. The summed E-state index contributed by atoms with van der Waals surface area (Å²) in [7, 11) is 0. The van der Waals surface area contributed by atoms with E-state index >= 15 is 0 Å². The van der Waals surface area contributed by atoms with Crippen LogP contribution in [0, 0.1) is 5.82 Å². The minimum atomic E-state index is -0.317. The highest BCUT2D eigenvalue weighted by Gasteiger charge is 2.21. The average molecular weight is 439 g/mol. The lowest BCUT2D eigenvalue weighted by Gasteiger charge is -2.26. The number of carbonyl (C=O) groups excluding carboxylic acids is 1. The van der Waals surface area contributed by atoms with Gasteiger partial charge in [0.25, 0.3) is 5.91 Å². The molecule has 3 aromatic carbocycles. The van der Waals surface area contributed by atoms with E-state index in [0.717, 1.165) is 19.3 Å². The molecule has 5 nitrogen and oxygen atoms in total. The van der Waals surface area contributed by atoms with Crippen molar-refractivity contribution in [3.8, 4) is 23.0 Å². The first-order valence-electron chi connectivity index (χ1n) is 10.9. The Morgan fingerprint density at radius 3 is 2.58 bits per heavy atom. The summed E-state index contributed by atoms with van der Waals surface area (Å²) in [5.74, 6) is 0.932. The van der Waals surface area contributed by atoms with Crippen molar-refractivity contribution in [2.75, 3.05) is 0 Å². The molecule has 1 aliphatic rings. The Morgan fingerprint density at radius 2 is 1.76 bits per heavy atom. The van der Waals surface area contributed by atoms with Crippen molar-refractivity contribution in [3.05, 3.63) is 108 Å². The van der Waals surface area contributed by atoms with Gasteiger partial charge in [-0.2, -0.15) is 4.98 Å². The molecule has 0 unspecified atom stereocenters.